The lowest BCUT2D eigenvalue weighted by molar-refractivity contribution is -0.138. The number of halogens is 4. The normalized spacial score (nSPS) is 16.7. The van der Waals surface area contributed by atoms with Gasteiger partial charge in [0.1, 0.15) is 11.4 Å². The Morgan fingerprint density at radius 3 is 2.46 bits per heavy atom. The molecule has 0 radical (unpaired) electrons. The maximum absolute atomic E-state index is 15.7. The molecule has 0 saturated carbocycles. The van der Waals surface area contributed by atoms with Crippen LogP contribution in [0.1, 0.15) is 86.9 Å². The smallest absolute Gasteiger partial charge is 0.419 e. The first kappa shape index (κ1) is 33.2. The molecule has 0 aliphatic carbocycles. The van der Waals surface area contributed by atoms with E-state index in [1.807, 2.05) is 6.07 Å². The van der Waals surface area contributed by atoms with Crippen molar-refractivity contribution in [3.05, 3.63) is 75.9 Å². The summed E-state index contributed by atoms with van der Waals surface area (Å²) in [6.07, 6.45) is -3.02. The Morgan fingerprint density at radius 2 is 1.80 bits per heavy atom. The second-order valence-electron chi connectivity index (χ2n) is 13.5. The van der Waals surface area contributed by atoms with Crippen molar-refractivity contribution in [2.24, 2.45) is 0 Å². The number of amides is 2. The second kappa shape index (κ2) is 12.2. The fraction of sp³-hybridized carbons (Fsp3) is 0.471. The average Bonchev–Trinajstić information content (AvgIpc) is 3.21. The molecule has 2 N–H and O–H groups in total. The van der Waals surface area contributed by atoms with E-state index < -0.39 is 28.6 Å². The number of aryl methyl sites for hydroxylation is 2. The Kier molecular flexibility index (Phi) is 8.78. The number of nitrogens with zero attached hydrogens (tertiary/aromatic N) is 3. The van der Waals surface area contributed by atoms with Crippen LogP contribution in [0.2, 0.25) is 0 Å². The first-order chi connectivity index (χ1) is 21.5. The summed E-state index contributed by atoms with van der Waals surface area (Å²) < 4.78 is 63.0. The van der Waals surface area contributed by atoms with E-state index in [9.17, 15) is 22.8 Å². The van der Waals surface area contributed by atoms with E-state index in [1.165, 1.54) is 0 Å². The van der Waals surface area contributed by atoms with Crippen LogP contribution < -0.4 is 10.6 Å². The lowest BCUT2D eigenvalue weighted by atomic mass is 9.82. The zero-order valence-electron chi connectivity index (χ0n) is 26.9. The van der Waals surface area contributed by atoms with Gasteiger partial charge >= 0.3 is 12.3 Å². The third-order valence-electron chi connectivity index (χ3n) is 8.65. The van der Waals surface area contributed by atoms with Gasteiger partial charge in [0, 0.05) is 36.2 Å². The Hall–Kier alpha value is -4.22. The highest BCUT2D eigenvalue weighted by Gasteiger charge is 2.40. The Balaban J connectivity index is 1.33. The van der Waals surface area contributed by atoms with Crippen molar-refractivity contribution in [3.63, 3.8) is 0 Å². The molecule has 2 aromatic carbocycles. The van der Waals surface area contributed by atoms with Crippen molar-refractivity contribution < 1.29 is 31.9 Å². The van der Waals surface area contributed by atoms with Crippen molar-refractivity contribution in [3.8, 4) is 0 Å². The largest absolute Gasteiger partial charge is 0.444 e. The molecule has 1 saturated heterocycles. The molecule has 46 heavy (non-hydrogen) atoms. The van der Waals surface area contributed by atoms with E-state index in [0.29, 0.717) is 42.9 Å². The van der Waals surface area contributed by atoms with Crippen LogP contribution in [-0.2, 0) is 34.0 Å². The number of hydrogen-bond acceptors (Lipinski definition) is 6. The minimum absolute atomic E-state index is 0.0545. The molecular weight excluding hydrogens is 602 g/mol. The molecule has 12 heteroatoms. The summed E-state index contributed by atoms with van der Waals surface area (Å²) in [6.45, 7) is 11.5. The van der Waals surface area contributed by atoms with Gasteiger partial charge in [-0.1, -0.05) is 18.2 Å². The van der Waals surface area contributed by atoms with Crippen molar-refractivity contribution in [1.82, 2.24) is 14.9 Å². The molecule has 0 atom stereocenters. The standard InChI is InChI=1S/C34H39F4N5O3/c1-19-24(13-11-22(28(19)35)20-14-16-43(17-15-20)31(45)46-32(2,3)4)41-30-39-18-23(34(36,37)38)25(42-30)12-10-21-8-7-9-26-27(21)33(5,6)29(44)40-26/h7-9,11,13,18,20H,10,12,14-17H2,1-6H3,(H,40,44)(H,39,41,42). The van der Waals surface area contributed by atoms with Crippen LogP contribution in [0.25, 0.3) is 0 Å². The maximum atomic E-state index is 15.7. The van der Waals surface area contributed by atoms with Crippen LogP contribution in [-0.4, -0.2) is 45.6 Å². The molecule has 0 bridgehead atoms. The van der Waals surface area contributed by atoms with Crippen LogP contribution in [0, 0.1) is 12.7 Å². The number of carbonyl (C=O) groups excluding carboxylic acids is 2. The van der Waals surface area contributed by atoms with Crippen molar-refractivity contribution in [2.45, 2.75) is 90.3 Å². The van der Waals surface area contributed by atoms with Crippen LogP contribution in [0.3, 0.4) is 0 Å². The van der Waals surface area contributed by atoms with Gasteiger partial charge in [-0.05, 0) is 102 Å². The summed E-state index contributed by atoms with van der Waals surface area (Å²) in [5.74, 6) is -0.773. The summed E-state index contributed by atoms with van der Waals surface area (Å²) in [6, 6.07) is 8.69. The molecule has 5 rings (SSSR count). The molecule has 0 unspecified atom stereocenters. The number of alkyl halides is 3. The van der Waals surface area contributed by atoms with Crippen LogP contribution in [0.5, 0.6) is 0 Å². The highest BCUT2D eigenvalue weighted by molar-refractivity contribution is 6.06. The molecule has 1 aromatic heterocycles. The molecule has 246 valence electrons. The number of benzene rings is 2. The molecule has 3 aromatic rings. The van der Waals surface area contributed by atoms with E-state index >= 15 is 4.39 Å². The van der Waals surface area contributed by atoms with E-state index in [-0.39, 0.29) is 48.0 Å². The number of aromatic nitrogens is 2. The summed E-state index contributed by atoms with van der Waals surface area (Å²) in [7, 11) is 0. The Labute approximate surface area is 266 Å². The van der Waals surface area contributed by atoms with Gasteiger partial charge in [0.25, 0.3) is 0 Å². The third kappa shape index (κ3) is 6.80. The number of fused-ring (bicyclic) bond motifs is 1. The van der Waals surface area contributed by atoms with E-state index in [4.69, 9.17) is 4.74 Å². The number of hydrogen-bond donors (Lipinski definition) is 2. The van der Waals surface area contributed by atoms with E-state index in [1.54, 1.807) is 70.7 Å². The average molecular weight is 642 g/mol. The number of rotatable bonds is 6. The number of carbonyl (C=O) groups is 2. The highest BCUT2D eigenvalue weighted by Crippen LogP contribution is 2.41. The molecule has 3 heterocycles. The molecule has 0 spiro atoms. The number of likely N-dealkylation sites (tertiary alicyclic amines) is 1. The number of nitrogens with one attached hydrogen (secondary N) is 2. The molecule has 2 aliphatic heterocycles. The van der Waals surface area contributed by atoms with Gasteiger partial charge in [-0.15, -0.1) is 0 Å². The minimum atomic E-state index is -4.67. The fourth-order valence-corrected chi connectivity index (χ4v) is 6.18. The lowest BCUT2D eigenvalue weighted by Crippen LogP contribution is -2.41. The molecular formula is C34H39F4N5O3. The van der Waals surface area contributed by atoms with E-state index in [0.717, 1.165) is 17.3 Å². The lowest BCUT2D eigenvalue weighted by Gasteiger charge is -2.34. The minimum Gasteiger partial charge on any atom is -0.444 e. The second-order valence-corrected chi connectivity index (χ2v) is 13.5. The van der Waals surface area contributed by atoms with Gasteiger partial charge in [0.05, 0.1) is 16.7 Å². The summed E-state index contributed by atoms with van der Waals surface area (Å²) in [5.41, 5.74) is 0.752. The summed E-state index contributed by atoms with van der Waals surface area (Å²) >= 11 is 0. The SMILES string of the molecule is Cc1c(Nc2ncc(C(F)(F)F)c(CCc3cccc4c3C(C)(C)C(=O)N4)n2)ccc(C2CCN(C(=O)OC(C)(C)C)CC2)c1F. The predicted octanol–water partition coefficient (Wildman–Crippen LogP) is 7.82. The van der Waals surface area contributed by atoms with Crippen LogP contribution in [0.4, 0.5) is 39.7 Å². The van der Waals surface area contributed by atoms with Crippen molar-refractivity contribution in [1.29, 1.82) is 0 Å². The topological polar surface area (TPSA) is 96.5 Å². The predicted molar refractivity (Wildman–Crippen MR) is 167 cm³/mol. The summed E-state index contributed by atoms with van der Waals surface area (Å²) in [5, 5.41) is 5.75. The van der Waals surface area contributed by atoms with E-state index in [2.05, 4.69) is 20.6 Å². The van der Waals surface area contributed by atoms with Gasteiger partial charge < -0.3 is 20.3 Å². The number of ether oxygens (including phenoxy) is 1. The molecule has 8 nitrogen and oxygen atoms in total. The number of piperidine rings is 1. The maximum Gasteiger partial charge on any atom is 0.419 e. The Morgan fingerprint density at radius 1 is 1.11 bits per heavy atom. The zero-order valence-corrected chi connectivity index (χ0v) is 26.9. The molecule has 2 amide bonds. The molecule has 2 aliphatic rings. The monoisotopic (exact) mass is 641 g/mol. The summed E-state index contributed by atoms with van der Waals surface area (Å²) in [4.78, 5) is 34.7. The van der Waals surface area contributed by atoms with Crippen molar-refractivity contribution >= 4 is 29.3 Å². The fourth-order valence-electron chi connectivity index (χ4n) is 6.18. The van der Waals surface area contributed by atoms with Gasteiger partial charge in [0.2, 0.25) is 11.9 Å². The Bertz CT molecular complexity index is 1660. The van der Waals surface area contributed by atoms with Gasteiger partial charge in [-0.2, -0.15) is 13.2 Å². The first-order valence-corrected chi connectivity index (χ1v) is 15.4. The van der Waals surface area contributed by atoms with Gasteiger partial charge in [-0.25, -0.2) is 19.2 Å². The third-order valence-corrected chi connectivity index (χ3v) is 8.65. The number of anilines is 3. The van der Waals surface area contributed by atoms with Crippen LogP contribution in [0.15, 0.2) is 36.5 Å². The first-order valence-electron chi connectivity index (χ1n) is 15.4. The zero-order chi connectivity index (χ0) is 33.6. The van der Waals surface area contributed by atoms with Gasteiger partial charge in [0.15, 0.2) is 0 Å². The van der Waals surface area contributed by atoms with Crippen molar-refractivity contribution in [2.75, 3.05) is 23.7 Å². The van der Waals surface area contributed by atoms with Crippen LogP contribution >= 0.6 is 0 Å². The highest BCUT2D eigenvalue weighted by atomic mass is 19.4. The molecule has 1 fully saturated rings. The quantitative estimate of drug-likeness (QED) is 0.267. The van der Waals surface area contributed by atoms with Gasteiger partial charge in [-0.3, -0.25) is 4.79 Å².